The molecule has 1 heterocycles. The first-order valence-corrected chi connectivity index (χ1v) is 4.02. The molecular weight excluding hydrogens is 202 g/mol. The summed E-state index contributed by atoms with van der Waals surface area (Å²) in [7, 11) is 1.62. The highest BCUT2D eigenvalue weighted by Gasteiger charge is 2.02. The molecule has 0 saturated carbocycles. The van der Waals surface area contributed by atoms with Crippen molar-refractivity contribution < 1.29 is 4.74 Å². The number of halogens is 1. The number of thiazole rings is 1. The van der Waals surface area contributed by atoms with Gasteiger partial charge in [-0.2, -0.15) is 4.98 Å². The van der Waals surface area contributed by atoms with Gasteiger partial charge < -0.3 is 4.74 Å². The Kier molecular flexibility index (Phi) is 2.08. The molecule has 0 saturated heterocycles. The van der Waals surface area contributed by atoms with Crippen LogP contribution >= 0.6 is 27.3 Å². The van der Waals surface area contributed by atoms with Crippen molar-refractivity contribution in [2.75, 3.05) is 7.11 Å². The normalized spacial score (nSPS) is 9.67. The molecule has 2 nitrogen and oxygen atoms in total. The summed E-state index contributed by atoms with van der Waals surface area (Å²) in [4.78, 5) is 5.19. The molecule has 0 aliphatic carbocycles. The van der Waals surface area contributed by atoms with Gasteiger partial charge in [0.1, 0.15) is 4.60 Å². The van der Waals surface area contributed by atoms with Gasteiger partial charge in [0.15, 0.2) is 0 Å². The van der Waals surface area contributed by atoms with E-state index in [1.54, 1.807) is 7.11 Å². The lowest BCUT2D eigenvalue weighted by molar-refractivity contribution is 0.411. The molecule has 1 rings (SSSR count). The van der Waals surface area contributed by atoms with Crippen molar-refractivity contribution >= 4 is 27.3 Å². The van der Waals surface area contributed by atoms with Crippen molar-refractivity contribution in [3.8, 4) is 5.19 Å². The van der Waals surface area contributed by atoms with Crippen LogP contribution in [0.15, 0.2) is 4.60 Å². The Morgan fingerprint density at radius 2 is 2.33 bits per heavy atom. The number of hydrogen-bond donors (Lipinski definition) is 0. The van der Waals surface area contributed by atoms with Crippen molar-refractivity contribution in [2.24, 2.45) is 0 Å². The summed E-state index contributed by atoms with van der Waals surface area (Å²) < 4.78 is 5.77. The third-order valence-electron chi connectivity index (χ3n) is 0.895. The van der Waals surface area contributed by atoms with E-state index in [2.05, 4.69) is 20.9 Å². The van der Waals surface area contributed by atoms with E-state index in [9.17, 15) is 0 Å². The summed E-state index contributed by atoms with van der Waals surface area (Å²) in [5, 5.41) is 0.708. The quantitative estimate of drug-likeness (QED) is 0.705. The SMILES string of the molecule is COc1nc(Br)c(C)s1. The van der Waals surface area contributed by atoms with Crippen LogP contribution in [0.2, 0.25) is 0 Å². The zero-order chi connectivity index (χ0) is 6.85. The first kappa shape index (κ1) is 7.02. The predicted molar refractivity (Wildman–Crippen MR) is 41.1 cm³/mol. The second-order valence-corrected chi connectivity index (χ2v) is 3.45. The highest BCUT2D eigenvalue weighted by atomic mass is 79.9. The van der Waals surface area contributed by atoms with Gasteiger partial charge in [0.05, 0.1) is 7.11 Å². The topological polar surface area (TPSA) is 22.1 Å². The average molecular weight is 208 g/mol. The van der Waals surface area contributed by atoms with Crippen molar-refractivity contribution in [3.05, 3.63) is 9.48 Å². The largest absolute Gasteiger partial charge is 0.473 e. The monoisotopic (exact) mass is 207 g/mol. The van der Waals surface area contributed by atoms with Crippen LogP contribution in [0.1, 0.15) is 4.88 Å². The molecule has 0 aromatic carbocycles. The summed E-state index contributed by atoms with van der Waals surface area (Å²) in [6.45, 7) is 1.99. The fourth-order valence-electron chi connectivity index (χ4n) is 0.442. The Labute approximate surface area is 66.0 Å². The van der Waals surface area contributed by atoms with Crippen molar-refractivity contribution in [1.29, 1.82) is 0 Å². The lowest BCUT2D eigenvalue weighted by Gasteiger charge is -1.85. The molecule has 0 bridgehead atoms. The third kappa shape index (κ3) is 1.43. The van der Waals surface area contributed by atoms with E-state index in [0.29, 0.717) is 5.19 Å². The number of methoxy groups -OCH3 is 1. The number of aryl methyl sites for hydroxylation is 1. The van der Waals surface area contributed by atoms with E-state index < -0.39 is 0 Å². The Bertz CT molecular complexity index is 191. The second kappa shape index (κ2) is 2.66. The van der Waals surface area contributed by atoms with Gasteiger partial charge in [-0.3, -0.25) is 0 Å². The zero-order valence-corrected chi connectivity index (χ0v) is 7.54. The van der Waals surface area contributed by atoms with E-state index in [4.69, 9.17) is 4.74 Å². The fourth-order valence-corrected chi connectivity index (χ4v) is 1.58. The first-order valence-electron chi connectivity index (χ1n) is 2.41. The van der Waals surface area contributed by atoms with E-state index in [1.807, 2.05) is 6.92 Å². The Morgan fingerprint density at radius 1 is 1.67 bits per heavy atom. The minimum absolute atomic E-state index is 0.708. The molecule has 1 aromatic heterocycles. The Morgan fingerprint density at radius 3 is 2.56 bits per heavy atom. The maximum Gasteiger partial charge on any atom is 0.274 e. The lowest BCUT2D eigenvalue weighted by atomic mass is 10.7. The third-order valence-corrected chi connectivity index (χ3v) is 2.86. The van der Waals surface area contributed by atoms with Crippen LogP contribution in [-0.4, -0.2) is 12.1 Å². The molecule has 0 aliphatic rings. The summed E-state index contributed by atoms with van der Waals surface area (Å²) in [6.07, 6.45) is 0. The smallest absolute Gasteiger partial charge is 0.274 e. The van der Waals surface area contributed by atoms with Gasteiger partial charge in [-0.25, -0.2) is 0 Å². The summed E-state index contributed by atoms with van der Waals surface area (Å²) in [5.74, 6) is 0. The zero-order valence-electron chi connectivity index (χ0n) is 5.14. The average Bonchev–Trinajstić information content (AvgIpc) is 2.13. The molecule has 9 heavy (non-hydrogen) atoms. The van der Waals surface area contributed by atoms with E-state index in [1.165, 1.54) is 11.3 Å². The molecule has 0 N–H and O–H groups in total. The molecule has 0 amide bonds. The lowest BCUT2D eigenvalue weighted by Crippen LogP contribution is -1.77. The van der Waals surface area contributed by atoms with Gasteiger partial charge in [-0.15, -0.1) is 0 Å². The molecule has 0 aliphatic heterocycles. The van der Waals surface area contributed by atoms with Gasteiger partial charge in [-0.05, 0) is 22.9 Å². The molecule has 4 heteroatoms. The highest BCUT2D eigenvalue weighted by molar-refractivity contribution is 9.10. The molecule has 0 unspecified atom stereocenters. The van der Waals surface area contributed by atoms with Crippen LogP contribution in [0, 0.1) is 6.92 Å². The van der Waals surface area contributed by atoms with Gasteiger partial charge in [0.25, 0.3) is 5.19 Å². The van der Waals surface area contributed by atoms with Gasteiger partial charge >= 0.3 is 0 Å². The van der Waals surface area contributed by atoms with Crippen LogP contribution in [0.3, 0.4) is 0 Å². The van der Waals surface area contributed by atoms with Crippen LogP contribution in [-0.2, 0) is 0 Å². The number of aromatic nitrogens is 1. The minimum Gasteiger partial charge on any atom is -0.473 e. The Balaban J connectivity index is 2.98. The standard InChI is InChI=1S/C5H6BrNOS/c1-3-4(6)7-5(8-2)9-3/h1-2H3. The van der Waals surface area contributed by atoms with E-state index >= 15 is 0 Å². The number of rotatable bonds is 1. The second-order valence-electron chi connectivity index (χ2n) is 1.53. The van der Waals surface area contributed by atoms with E-state index in [0.717, 1.165) is 9.48 Å². The molecule has 0 radical (unpaired) electrons. The summed E-state index contributed by atoms with van der Waals surface area (Å²) in [6, 6.07) is 0. The predicted octanol–water partition coefficient (Wildman–Crippen LogP) is 2.22. The van der Waals surface area contributed by atoms with Crippen molar-refractivity contribution in [1.82, 2.24) is 4.98 Å². The maximum atomic E-state index is 4.89. The Hall–Kier alpha value is -0.0900. The van der Waals surface area contributed by atoms with Crippen LogP contribution in [0.25, 0.3) is 0 Å². The molecule has 50 valence electrons. The van der Waals surface area contributed by atoms with Crippen molar-refractivity contribution in [2.45, 2.75) is 6.92 Å². The van der Waals surface area contributed by atoms with Crippen LogP contribution in [0.5, 0.6) is 5.19 Å². The van der Waals surface area contributed by atoms with Crippen LogP contribution < -0.4 is 4.74 Å². The van der Waals surface area contributed by atoms with Gasteiger partial charge in [-0.1, -0.05) is 11.3 Å². The molecular formula is C5H6BrNOS. The highest BCUT2D eigenvalue weighted by Crippen LogP contribution is 2.27. The summed E-state index contributed by atoms with van der Waals surface area (Å²) >= 11 is 4.81. The first-order chi connectivity index (χ1) is 4.24. The molecule has 0 fully saturated rings. The van der Waals surface area contributed by atoms with Crippen LogP contribution in [0.4, 0.5) is 0 Å². The molecule has 0 spiro atoms. The van der Waals surface area contributed by atoms with E-state index in [-0.39, 0.29) is 0 Å². The molecule has 1 aromatic rings. The molecule has 0 atom stereocenters. The maximum absolute atomic E-state index is 4.89. The fraction of sp³-hybridized carbons (Fsp3) is 0.400. The number of ether oxygens (including phenoxy) is 1. The number of nitrogens with zero attached hydrogens (tertiary/aromatic N) is 1. The number of hydrogen-bond acceptors (Lipinski definition) is 3. The minimum atomic E-state index is 0.708. The van der Waals surface area contributed by atoms with Crippen molar-refractivity contribution in [3.63, 3.8) is 0 Å². The van der Waals surface area contributed by atoms with Gasteiger partial charge in [0.2, 0.25) is 0 Å². The summed E-state index contributed by atoms with van der Waals surface area (Å²) in [5.41, 5.74) is 0. The van der Waals surface area contributed by atoms with Gasteiger partial charge in [0, 0.05) is 4.88 Å².